The van der Waals surface area contributed by atoms with E-state index in [0.29, 0.717) is 18.4 Å². The van der Waals surface area contributed by atoms with Crippen LogP contribution in [0.5, 0.6) is 5.88 Å². The fraction of sp³-hybridized carbons (Fsp3) is 0.500. The predicted molar refractivity (Wildman–Crippen MR) is 57.8 cm³/mol. The zero-order chi connectivity index (χ0) is 10.4. The summed E-state index contributed by atoms with van der Waals surface area (Å²) in [4.78, 5) is 6.18. The van der Waals surface area contributed by atoms with Crippen LogP contribution in [0.2, 0.25) is 0 Å². The van der Waals surface area contributed by atoms with Crippen LogP contribution in [0.15, 0.2) is 18.3 Å². The maximum Gasteiger partial charge on any atom is 0.217 e. The molecule has 1 aromatic rings. The van der Waals surface area contributed by atoms with Crippen molar-refractivity contribution < 1.29 is 4.74 Å². The van der Waals surface area contributed by atoms with Crippen LogP contribution < -0.4 is 4.74 Å². The highest BCUT2D eigenvalue weighted by molar-refractivity contribution is 6.17. The van der Waals surface area contributed by atoms with Crippen molar-refractivity contribution in [2.75, 3.05) is 27.2 Å². The summed E-state index contributed by atoms with van der Waals surface area (Å²) in [5.41, 5.74) is 0.938. The molecule has 1 aromatic heterocycles. The van der Waals surface area contributed by atoms with Gasteiger partial charge < -0.3 is 9.64 Å². The van der Waals surface area contributed by atoms with Crippen molar-refractivity contribution in [1.82, 2.24) is 9.88 Å². The Hall–Kier alpha value is -0.800. The minimum atomic E-state index is 0.436. The zero-order valence-corrected chi connectivity index (χ0v) is 9.29. The summed E-state index contributed by atoms with van der Waals surface area (Å²) >= 11 is 5.74. The average molecular weight is 215 g/mol. The largest absolute Gasteiger partial charge is 0.476 e. The second-order valence-corrected chi connectivity index (χ2v) is 3.52. The Bertz CT molecular complexity index is 279. The third-order valence-corrected chi connectivity index (χ3v) is 2.06. The van der Waals surface area contributed by atoms with Crippen LogP contribution in [0.1, 0.15) is 5.56 Å². The minimum Gasteiger partial charge on any atom is -0.476 e. The minimum absolute atomic E-state index is 0.436. The Kier molecular flexibility index (Phi) is 4.70. The van der Waals surface area contributed by atoms with E-state index in [0.717, 1.165) is 12.1 Å². The standard InChI is InChI=1S/C10H15ClN2O/c1-13(2)6-7-14-10-9(8-11)4-3-5-12-10/h3-5H,6-8H2,1-2H3. The lowest BCUT2D eigenvalue weighted by Crippen LogP contribution is -2.20. The molecule has 78 valence electrons. The van der Waals surface area contributed by atoms with E-state index in [4.69, 9.17) is 16.3 Å². The number of likely N-dealkylation sites (N-methyl/N-ethyl adjacent to an activating group) is 1. The summed E-state index contributed by atoms with van der Waals surface area (Å²) in [5.74, 6) is 1.08. The molecule has 0 spiro atoms. The van der Waals surface area contributed by atoms with Crippen molar-refractivity contribution in [1.29, 1.82) is 0 Å². The summed E-state index contributed by atoms with van der Waals surface area (Å²) in [6, 6.07) is 3.78. The second kappa shape index (κ2) is 5.83. The van der Waals surface area contributed by atoms with Gasteiger partial charge in [0.05, 0.1) is 5.88 Å². The number of nitrogens with zero attached hydrogens (tertiary/aromatic N) is 2. The van der Waals surface area contributed by atoms with Gasteiger partial charge in [-0.1, -0.05) is 6.07 Å². The Morgan fingerprint density at radius 1 is 1.50 bits per heavy atom. The quantitative estimate of drug-likeness (QED) is 0.699. The lowest BCUT2D eigenvalue weighted by Gasteiger charge is -2.11. The molecule has 0 amide bonds. The highest BCUT2D eigenvalue weighted by Crippen LogP contribution is 2.15. The average Bonchev–Trinajstić information content (AvgIpc) is 2.18. The lowest BCUT2D eigenvalue weighted by molar-refractivity contribution is 0.252. The first-order valence-electron chi connectivity index (χ1n) is 4.51. The zero-order valence-electron chi connectivity index (χ0n) is 8.53. The van der Waals surface area contributed by atoms with E-state index in [2.05, 4.69) is 9.88 Å². The van der Waals surface area contributed by atoms with E-state index in [1.807, 2.05) is 26.2 Å². The topological polar surface area (TPSA) is 25.4 Å². The highest BCUT2D eigenvalue weighted by atomic mass is 35.5. The molecule has 0 bridgehead atoms. The van der Waals surface area contributed by atoms with Gasteiger partial charge in [-0.3, -0.25) is 0 Å². The van der Waals surface area contributed by atoms with E-state index in [-0.39, 0.29) is 0 Å². The van der Waals surface area contributed by atoms with Crippen molar-refractivity contribution in [2.45, 2.75) is 5.88 Å². The summed E-state index contributed by atoms with van der Waals surface area (Å²) in [7, 11) is 4.01. The molecule has 0 atom stereocenters. The van der Waals surface area contributed by atoms with Gasteiger partial charge in [0.15, 0.2) is 0 Å². The van der Waals surface area contributed by atoms with E-state index >= 15 is 0 Å². The molecular formula is C10H15ClN2O. The molecule has 3 nitrogen and oxygen atoms in total. The molecule has 0 saturated carbocycles. The summed E-state index contributed by atoms with van der Waals surface area (Å²) < 4.78 is 5.50. The third kappa shape index (κ3) is 3.52. The smallest absolute Gasteiger partial charge is 0.217 e. The molecule has 0 radical (unpaired) electrons. The molecule has 0 aliphatic heterocycles. The number of alkyl halides is 1. The molecule has 1 heterocycles. The fourth-order valence-corrected chi connectivity index (χ4v) is 1.18. The van der Waals surface area contributed by atoms with Gasteiger partial charge in [0.25, 0.3) is 0 Å². The number of hydrogen-bond acceptors (Lipinski definition) is 3. The molecule has 1 rings (SSSR count). The molecule has 14 heavy (non-hydrogen) atoms. The molecule has 0 unspecified atom stereocenters. The van der Waals surface area contributed by atoms with Crippen LogP contribution in [0.25, 0.3) is 0 Å². The molecule has 0 aliphatic rings. The summed E-state index contributed by atoms with van der Waals surface area (Å²) in [5, 5.41) is 0. The van der Waals surface area contributed by atoms with Crippen molar-refractivity contribution in [3.05, 3.63) is 23.9 Å². The number of rotatable bonds is 5. The lowest BCUT2D eigenvalue weighted by atomic mass is 10.3. The molecule has 0 fully saturated rings. The van der Waals surface area contributed by atoms with E-state index in [9.17, 15) is 0 Å². The molecule has 0 aliphatic carbocycles. The van der Waals surface area contributed by atoms with Crippen LogP contribution >= 0.6 is 11.6 Å². The van der Waals surface area contributed by atoms with E-state index in [1.54, 1.807) is 6.20 Å². The molecule has 4 heteroatoms. The maximum absolute atomic E-state index is 5.74. The van der Waals surface area contributed by atoms with Crippen molar-refractivity contribution >= 4 is 11.6 Å². The van der Waals surface area contributed by atoms with Crippen LogP contribution in [0.3, 0.4) is 0 Å². The van der Waals surface area contributed by atoms with E-state index < -0.39 is 0 Å². The molecular weight excluding hydrogens is 200 g/mol. The van der Waals surface area contributed by atoms with Gasteiger partial charge in [0.1, 0.15) is 6.61 Å². The number of hydrogen-bond donors (Lipinski definition) is 0. The molecule has 0 saturated heterocycles. The SMILES string of the molecule is CN(C)CCOc1ncccc1CCl. The fourth-order valence-electron chi connectivity index (χ4n) is 0.981. The van der Waals surface area contributed by atoms with Gasteiger partial charge in [0, 0.05) is 18.3 Å². The summed E-state index contributed by atoms with van der Waals surface area (Å²) in [6.45, 7) is 1.51. The Labute approximate surface area is 89.7 Å². The van der Waals surface area contributed by atoms with Crippen molar-refractivity contribution in [3.8, 4) is 5.88 Å². The van der Waals surface area contributed by atoms with Crippen LogP contribution in [-0.4, -0.2) is 37.1 Å². The Balaban J connectivity index is 2.49. The number of halogens is 1. The first-order valence-corrected chi connectivity index (χ1v) is 5.05. The third-order valence-electron chi connectivity index (χ3n) is 1.77. The van der Waals surface area contributed by atoms with Crippen LogP contribution in [0, 0.1) is 0 Å². The summed E-state index contributed by atoms with van der Waals surface area (Å²) in [6.07, 6.45) is 1.71. The van der Waals surface area contributed by atoms with Gasteiger partial charge in [-0.05, 0) is 20.2 Å². The van der Waals surface area contributed by atoms with Crippen molar-refractivity contribution in [3.63, 3.8) is 0 Å². The molecule has 0 N–H and O–H groups in total. The Morgan fingerprint density at radius 3 is 2.93 bits per heavy atom. The normalized spacial score (nSPS) is 10.6. The van der Waals surface area contributed by atoms with Gasteiger partial charge >= 0.3 is 0 Å². The molecule has 0 aromatic carbocycles. The van der Waals surface area contributed by atoms with Gasteiger partial charge in [-0.15, -0.1) is 11.6 Å². The Morgan fingerprint density at radius 2 is 2.29 bits per heavy atom. The maximum atomic E-state index is 5.74. The van der Waals surface area contributed by atoms with Crippen molar-refractivity contribution in [2.24, 2.45) is 0 Å². The van der Waals surface area contributed by atoms with Gasteiger partial charge in [0.2, 0.25) is 5.88 Å². The van der Waals surface area contributed by atoms with Crippen LogP contribution in [0.4, 0.5) is 0 Å². The first-order chi connectivity index (χ1) is 6.74. The number of pyridine rings is 1. The van der Waals surface area contributed by atoms with Gasteiger partial charge in [-0.25, -0.2) is 4.98 Å². The number of aromatic nitrogens is 1. The number of ether oxygens (including phenoxy) is 1. The monoisotopic (exact) mass is 214 g/mol. The van der Waals surface area contributed by atoms with E-state index in [1.165, 1.54) is 0 Å². The first kappa shape index (κ1) is 11.3. The van der Waals surface area contributed by atoms with Gasteiger partial charge in [-0.2, -0.15) is 0 Å². The highest BCUT2D eigenvalue weighted by Gasteiger charge is 2.02. The predicted octanol–water partition coefficient (Wildman–Crippen LogP) is 1.76. The van der Waals surface area contributed by atoms with Crippen LogP contribution in [-0.2, 0) is 5.88 Å². The second-order valence-electron chi connectivity index (χ2n) is 3.25.